The summed E-state index contributed by atoms with van der Waals surface area (Å²) >= 11 is 1.23. The highest BCUT2D eigenvalue weighted by Crippen LogP contribution is 2.30. The first-order chi connectivity index (χ1) is 13.2. The number of carbonyl (C=O) groups is 1. The molecule has 0 radical (unpaired) electrons. The maximum Gasteiger partial charge on any atom is 0.258 e. The standard InChI is InChI=1S/C17H18FN5O3S2/c1-3-4-28(25,26)23-13-6-10(18)5-12(9(13)2)22-17(24)11-7-27-15-14(11)20-8-21-16(15)19/h5-8,23H,3-4H2,1-2H3,(H,22,24)(H2,19,20,21). The van der Waals surface area contributed by atoms with Crippen LogP contribution in [0.2, 0.25) is 0 Å². The zero-order valence-electron chi connectivity index (χ0n) is 15.1. The topological polar surface area (TPSA) is 127 Å². The Kier molecular flexibility index (Phi) is 5.47. The Bertz CT molecular complexity index is 1160. The van der Waals surface area contributed by atoms with E-state index in [-0.39, 0.29) is 28.5 Å². The number of carbonyl (C=O) groups excluding carboxylic acids is 1. The third kappa shape index (κ3) is 4.04. The number of halogens is 1. The second-order valence-electron chi connectivity index (χ2n) is 6.09. The molecule has 0 aliphatic carbocycles. The Morgan fingerprint density at radius 3 is 2.71 bits per heavy atom. The van der Waals surface area contributed by atoms with Crippen LogP contribution in [0.5, 0.6) is 0 Å². The molecule has 0 aliphatic heterocycles. The van der Waals surface area contributed by atoms with Crippen LogP contribution in [0, 0.1) is 12.7 Å². The van der Waals surface area contributed by atoms with Crippen molar-refractivity contribution in [1.82, 2.24) is 9.97 Å². The molecule has 4 N–H and O–H groups in total. The van der Waals surface area contributed by atoms with E-state index in [0.717, 1.165) is 12.1 Å². The third-order valence-corrected chi connectivity index (χ3v) is 6.45. The van der Waals surface area contributed by atoms with E-state index >= 15 is 0 Å². The van der Waals surface area contributed by atoms with Crippen LogP contribution in [0.25, 0.3) is 10.2 Å². The maximum absolute atomic E-state index is 14.0. The van der Waals surface area contributed by atoms with E-state index in [1.54, 1.807) is 19.2 Å². The summed E-state index contributed by atoms with van der Waals surface area (Å²) < 4.78 is 41.0. The average Bonchev–Trinajstić information content (AvgIpc) is 3.04. The van der Waals surface area contributed by atoms with Gasteiger partial charge in [-0.05, 0) is 31.0 Å². The number of nitrogen functional groups attached to an aromatic ring is 1. The van der Waals surface area contributed by atoms with Gasteiger partial charge in [0.1, 0.15) is 18.0 Å². The highest BCUT2D eigenvalue weighted by Gasteiger charge is 2.19. The summed E-state index contributed by atoms with van der Waals surface area (Å²) in [5.74, 6) is -1.02. The van der Waals surface area contributed by atoms with Crippen LogP contribution in [-0.4, -0.2) is 30.0 Å². The minimum atomic E-state index is -3.60. The number of amides is 1. The summed E-state index contributed by atoms with van der Waals surface area (Å²) in [5, 5.41) is 4.20. The second kappa shape index (κ2) is 7.68. The molecule has 3 aromatic rings. The van der Waals surface area contributed by atoms with Gasteiger partial charge in [-0.25, -0.2) is 22.8 Å². The van der Waals surface area contributed by atoms with E-state index in [0.29, 0.717) is 22.2 Å². The van der Waals surface area contributed by atoms with Gasteiger partial charge in [-0.2, -0.15) is 0 Å². The molecule has 0 spiro atoms. The minimum Gasteiger partial charge on any atom is -0.382 e. The number of thiophene rings is 1. The molecule has 0 saturated carbocycles. The number of fused-ring (bicyclic) bond motifs is 1. The number of hydrogen-bond donors (Lipinski definition) is 3. The summed E-state index contributed by atoms with van der Waals surface area (Å²) in [6, 6.07) is 2.20. The SMILES string of the molecule is CCCS(=O)(=O)Nc1cc(F)cc(NC(=O)c2csc3c(N)ncnc23)c1C. The van der Waals surface area contributed by atoms with Crippen LogP contribution in [0.1, 0.15) is 29.3 Å². The lowest BCUT2D eigenvalue weighted by molar-refractivity contribution is 0.102. The summed E-state index contributed by atoms with van der Waals surface area (Å²) in [4.78, 5) is 20.7. The third-order valence-electron chi connectivity index (χ3n) is 3.98. The zero-order valence-corrected chi connectivity index (χ0v) is 16.7. The molecule has 2 heterocycles. The zero-order chi connectivity index (χ0) is 20.5. The minimum absolute atomic E-state index is 0.0745. The van der Waals surface area contributed by atoms with Crippen molar-refractivity contribution in [3.63, 3.8) is 0 Å². The highest BCUT2D eigenvalue weighted by molar-refractivity contribution is 7.92. The van der Waals surface area contributed by atoms with Crippen molar-refractivity contribution in [3.8, 4) is 0 Å². The number of aromatic nitrogens is 2. The number of hydrogen-bond acceptors (Lipinski definition) is 7. The van der Waals surface area contributed by atoms with Gasteiger partial charge in [0, 0.05) is 11.1 Å². The molecule has 0 unspecified atom stereocenters. The van der Waals surface area contributed by atoms with Crippen LogP contribution >= 0.6 is 11.3 Å². The fourth-order valence-corrected chi connectivity index (χ4v) is 4.71. The van der Waals surface area contributed by atoms with Gasteiger partial charge < -0.3 is 11.1 Å². The molecule has 3 rings (SSSR count). The van der Waals surface area contributed by atoms with Crippen molar-refractivity contribution in [2.24, 2.45) is 0 Å². The lowest BCUT2D eigenvalue weighted by Gasteiger charge is -2.14. The predicted octanol–water partition coefficient (Wildman–Crippen LogP) is 3.13. The monoisotopic (exact) mass is 423 g/mol. The summed E-state index contributed by atoms with van der Waals surface area (Å²) in [6.07, 6.45) is 1.68. The van der Waals surface area contributed by atoms with Crippen molar-refractivity contribution >= 4 is 54.7 Å². The number of nitrogens with two attached hydrogens (primary N) is 1. The highest BCUT2D eigenvalue weighted by atomic mass is 32.2. The van der Waals surface area contributed by atoms with Crippen LogP contribution in [0.3, 0.4) is 0 Å². The molecule has 0 fully saturated rings. The molecular formula is C17H18FN5O3S2. The summed E-state index contributed by atoms with van der Waals surface area (Å²) in [7, 11) is -3.60. The van der Waals surface area contributed by atoms with Gasteiger partial charge in [-0.1, -0.05) is 6.92 Å². The normalized spacial score (nSPS) is 11.5. The molecule has 0 atom stereocenters. The molecular weight excluding hydrogens is 405 g/mol. The molecule has 2 aromatic heterocycles. The Balaban J connectivity index is 1.93. The van der Waals surface area contributed by atoms with Crippen molar-refractivity contribution < 1.29 is 17.6 Å². The molecule has 11 heteroatoms. The lowest BCUT2D eigenvalue weighted by atomic mass is 10.1. The van der Waals surface area contributed by atoms with Crippen LogP contribution in [0.15, 0.2) is 23.8 Å². The Morgan fingerprint density at radius 1 is 1.29 bits per heavy atom. The summed E-state index contributed by atoms with van der Waals surface area (Å²) in [6.45, 7) is 3.32. The molecule has 1 aromatic carbocycles. The summed E-state index contributed by atoms with van der Waals surface area (Å²) in [5.41, 5.74) is 7.07. The largest absolute Gasteiger partial charge is 0.382 e. The molecule has 28 heavy (non-hydrogen) atoms. The van der Waals surface area contributed by atoms with Crippen LogP contribution in [-0.2, 0) is 10.0 Å². The maximum atomic E-state index is 14.0. The molecule has 148 valence electrons. The van der Waals surface area contributed by atoms with Gasteiger partial charge in [0.15, 0.2) is 0 Å². The van der Waals surface area contributed by atoms with E-state index < -0.39 is 21.7 Å². The first-order valence-corrected chi connectivity index (χ1v) is 10.8. The Labute approximate surface area is 165 Å². The van der Waals surface area contributed by atoms with Crippen molar-refractivity contribution in [2.75, 3.05) is 21.5 Å². The number of sulfonamides is 1. The Hall–Kier alpha value is -2.79. The molecule has 0 saturated heterocycles. The molecule has 8 nitrogen and oxygen atoms in total. The van der Waals surface area contributed by atoms with Gasteiger partial charge in [0.05, 0.1) is 27.2 Å². The van der Waals surface area contributed by atoms with Crippen molar-refractivity contribution in [3.05, 3.63) is 40.8 Å². The van der Waals surface area contributed by atoms with E-state index in [1.165, 1.54) is 17.7 Å². The fourth-order valence-electron chi connectivity index (χ4n) is 2.62. The van der Waals surface area contributed by atoms with Gasteiger partial charge in [-0.3, -0.25) is 9.52 Å². The van der Waals surface area contributed by atoms with E-state index in [2.05, 4.69) is 20.0 Å². The molecule has 0 bridgehead atoms. The number of rotatable bonds is 6. The number of anilines is 3. The van der Waals surface area contributed by atoms with Crippen LogP contribution < -0.4 is 15.8 Å². The molecule has 0 aliphatic rings. The Morgan fingerprint density at radius 2 is 2.00 bits per heavy atom. The van der Waals surface area contributed by atoms with Crippen molar-refractivity contribution in [2.45, 2.75) is 20.3 Å². The number of nitrogens with zero attached hydrogens (tertiary/aromatic N) is 2. The smallest absolute Gasteiger partial charge is 0.258 e. The van der Waals surface area contributed by atoms with E-state index in [9.17, 15) is 17.6 Å². The quantitative estimate of drug-likeness (QED) is 0.559. The van der Waals surface area contributed by atoms with Crippen molar-refractivity contribution in [1.29, 1.82) is 0 Å². The van der Waals surface area contributed by atoms with Gasteiger partial charge in [-0.15, -0.1) is 11.3 Å². The number of nitrogens with one attached hydrogen (secondary N) is 2. The van der Waals surface area contributed by atoms with Gasteiger partial charge >= 0.3 is 0 Å². The average molecular weight is 423 g/mol. The van der Waals surface area contributed by atoms with Gasteiger partial charge in [0.2, 0.25) is 10.0 Å². The molecule has 1 amide bonds. The lowest BCUT2D eigenvalue weighted by Crippen LogP contribution is -2.18. The predicted molar refractivity (Wildman–Crippen MR) is 109 cm³/mol. The first-order valence-electron chi connectivity index (χ1n) is 8.31. The first kappa shape index (κ1) is 20.0. The van der Waals surface area contributed by atoms with Gasteiger partial charge in [0.25, 0.3) is 5.91 Å². The van der Waals surface area contributed by atoms with Crippen LogP contribution in [0.4, 0.5) is 21.6 Å². The fraction of sp³-hybridized carbons (Fsp3) is 0.235. The van der Waals surface area contributed by atoms with E-state index in [1.807, 2.05) is 0 Å². The second-order valence-corrected chi connectivity index (χ2v) is 8.81. The van der Waals surface area contributed by atoms with E-state index in [4.69, 9.17) is 5.73 Å². The number of benzene rings is 1.